The first-order valence-electron chi connectivity index (χ1n) is 8.19. The molecule has 0 rings (SSSR count). The predicted octanol–water partition coefficient (Wildman–Crippen LogP) is 2.46. The van der Waals surface area contributed by atoms with E-state index in [1.165, 1.54) is 0 Å². The van der Waals surface area contributed by atoms with Crippen LogP contribution in [-0.2, 0) is 4.74 Å². The molecule has 0 fully saturated rings. The van der Waals surface area contributed by atoms with Crippen LogP contribution in [0.2, 0.25) is 0 Å². The molecule has 0 bridgehead atoms. The van der Waals surface area contributed by atoms with Gasteiger partial charge in [0.25, 0.3) is 5.95 Å². The van der Waals surface area contributed by atoms with Gasteiger partial charge in [0.05, 0.1) is 13.2 Å². The fourth-order valence-corrected chi connectivity index (χ4v) is 2.08. The molecule has 0 amide bonds. The molecule has 3 N–H and O–H groups in total. The Morgan fingerprint density at radius 1 is 1.22 bits per heavy atom. The predicted molar refractivity (Wildman–Crippen MR) is 94.9 cm³/mol. The van der Waals surface area contributed by atoms with E-state index in [4.69, 9.17) is 27.3 Å². The van der Waals surface area contributed by atoms with Gasteiger partial charge in [0.15, 0.2) is 5.11 Å². The summed E-state index contributed by atoms with van der Waals surface area (Å²) >= 11 is 5.42. The van der Waals surface area contributed by atoms with E-state index in [9.17, 15) is 5.11 Å². The molecule has 0 aromatic heterocycles. The van der Waals surface area contributed by atoms with Gasteiger partial charge in [0.2, 0.25) is 0 Å². The molecule has 0 aromatic carbocycles. The zero-order valence-corrected chi connectivity index (χ0v) is 15.0. The van der Waals surface area contributed by atoms with Crippen molar-refractivity contribution in [3.8, 4) is 6.07 Å². The van der Waals surface area contributed by atoms with E-state index in [1.807, 2.05) is 0 Å². The number of hydrogen-bond donors (Lipinski definition) is 3. The molecule has 0 saturated carbocycles. The second-order valence-electron chi connectivity index (χ2n) is 5.18. The Bertz CT molecular complexity index is 400. The molecule has 6 nitrogen and oxygen atoms in total. The number of aliphatic hydroxyl groups excluding tert-OH is 2. The molecule has 0 aliphatic carbocycles. The maximum Gasteiger partial charge on any atom is 0.293 e. The van der Waals surface area contributed by atoms with Gasteiger partial charge in [-0.15, -0.1) is 0 Å². The summed E-state index contributed by atoms with van der Waals surface area (Å²) in [6.07, 6.45) is 5.13. The maximum atomic E-state index is 9.42. The number of ether oxygens (including phenoxy) is 1. The van der Waals surface area contributed by atoms with E-state index in [0.717, 1.165) is 43.9 Å². The quantitative estimate of drug-likeness (QED) is 0.217. The third-order valence-corrected chi connectivity index (χ3v) is 3.64. The molecule has 0 heterocycles. The molecule has 0 aromatic rings. The lowest BCUT2D eigenvalue weighted by Gasteiger charge is -2.25. The molecule has 0 atom stereocenters. The second-order valence-corrected chi connectivity index (χ2v) is 5.57. The molecular weight excluding hydrogens is 314 g/mol. The number of nitriles is 1. The summed E-state index contributed by atoms with van der Waals surface area (Å²) in [5, 5.41) is 30.8. The maximum absolute atomic E-state index is 9.42. The first kappa shape index (κ1) is 21.5. The molecule has 23 heavy (non-hydrogen) atoms. The molecule has 0 aliphatic rings. The van der Waals surface area contributed by atoms with Crippen LogP contribution in [0.25, 0.3) is 0 Å². The van der Waals surface area contributed by atoms with E-state index < -0.39 is 12.6 Å². The summed E-state index contributed by atoms with van der Waals surface area (Å²) in [7, 11) is 0. The zero-order chi connectivity index (χ0) is 17.5. The smallest absolute Gasteiger partial charge is 0.293 e. The fourth-order valence-electron chi connectivity index (χ4n) is 1.80. The summed E-state index contributed by atoms with van der Waals surface area (Å²) in [6, 6.07) is 1.68. The standard InChI is InChI=1S/C16H29N3O3S/c1-3-5-9-19(10-6-4-2)16(23)18-8-7-11-22-15(21)14(12-17)13-20/h20-21H,3-11,13H2,1-2H3,(H,18,23)/b15-14+. The van der Waals surface area contributed by atoms with Crippen molar-refractivity contribution in [1.82, 2.24) is 10.2 Å². The Balaban J connectivity index is 4.07. The first-order valence-corrected chi connectivity index (χ1v) is 8.60. The lowest BCUT2D eigenvalue weighted by molar-refractivity contribution is 0.0859. The molecule has 0 spiro atoms. The topological polar surface area (TPSA) is 88.8 Å². The van der Waals surface area contributed by atoms with Crippen molar-refractivity contribution in [2.24, 2.45) is 0 Å². The normalized spacial score (nSPS) is 11.4. The minimum atomic E-state index is -0.533. The van der Waals surface area contributed by atoms with Gasteiger partial charge in [0.1, 0.15) is 11.6 Å². The van der Waals surface area contributed by atoms with E-state index in [2.05, 4.69) is 24.1 Å². The van der Waals surface area contributed by atoms with Crippen LogP contribution >= 0.6 is 12.2 Å². The van der Waals surface area contributed by atoms with Crippen LogP contribution in [0.4, 0.5) is 0 Å². The molecule has 132 valence electrons. The van der Waals surface area contributed by atoms with Gasteiger partial charge in [-0.3, -0.25) is 0 Å². The van der Waals surface area contributed by atoms with Crippen LogP contribution in [0, 0.1) is 11.3 Å². The number of hydrogen-bond acceptors (Lipinski definition) is 5. The largest absolute Gasteiger partial charge is 0.480 e. The van der Waals surface area contributed by atoms with Crippen molar-refractivity contribution in [3.05, 3.63) is 11.5 Å². The highest BCUT2D eigenvalue weighted by Crippen LogP contribution is 2.02. The number of unbranched alkanes of at least 4 members (excludes halogenated alkanes) is 2. The van der Waals surface area contributed by atoms with Crippen molar-refractivity contribution in [1.29, 1.82) is 5.26 Å². The van der Waals surface area contributed by atoms with Crippen LogP contribution < -0.4 is 5.32 Å². The Morgan fingerprint density at radius 3 is 2.30 bits per heavy atom. The summed E-state index contributed by atoms with van der Waals surface area (Å²) in [5.41, 5.74) is -0.168. The summed E-state index contributed by atoms with van der Waals surface area (Å²) < 4.78 is 5.01. The van der Waals surface area contributed by atoms with E-state index >= 15 is 0 Å². The SMILES string of the molecule is CCCCN(CCCC)C(=S)NCCCO/C(O)=C(\C#N)CO. The van der Waals surface area contributed by atoms with Gasteiger partial charge in [0, 0.05) is 19.6 Å². The monoisotopic (exact) mass is 343 g/mol. The van der Waals surface area contributed by atoms with Crippen molar-refractivity contribution in [2.75, 3.05) is 32.8 Å². The van der Waals surface area contributed by atoms with Gasteiger partial charge in [-0.2, -0.15) is 5.26 Å². The van der Waals surface area contributed by atoms with Gasteiger partial charge in [-0.25, -0.2) is 0 Å². The molecule has 7 heteroatoms. The first-order chi connectivity index (χ1) is 11.1. The highest BCUT2D eigenvalue weighted by molar-refractivity contribution is 7.80. The van der Waals surface area contributed by atoms with Crippen LogP contribution in [0.1, 0.15) is 46.0 Å². The minimum Gasteiger partial charge on any atom is -0.480 e. The summed E-state index contributed by atoms with van der Waals surface area (Å²) in [5.74, 6) is -0.509. The van der Waals surface area contributed by atoms with Crippen LogP contribution in [0.15, 0.2) is 11.5 Å². The molecule has 0 saturated heterocycles. The van der Waals surface area contributed by atoms with Crippen molar-refractivity contribution in [3.63, 3.8) is 0 Å². The van der Waals surface area contributed by atoms with Crippen molar-refractivity contribution >= 4 is 17.3 Å². The lowest BCUT2D eigenvalue weighted by Crippen LogP contribution is -2.41. The Labute approximate surface area is 144 Å². The van der Waals surface area contributed by atoms with Gasteiger partial charge < -0.3 is 25.2 Å². The average molecular weight is 343 g/mol. The fraction of sp³-hybridized carbons (Fsp3) is 0.750. The third kappa shape index (κ3) is 9.97. The molecular formula is C16H29N3O3S. The highest BCUT2D eigenvalue weighted by Gasteiger charge is 2.08. The Kier molecular flexibility index (Phi) is 13.2. The van der Waals surface area contributed by atoms with E-state index in [-0.39, 0.29) is 12.2 Å². The lowest BCUT2D eigenvalue weighted by atomic mass is 10.3. The number of nitrogens with zero attached hydrogens (tertiary/aromatic N) is 2. The zero-order valence-electron chi connectivity index (χ0n) is 14.2. The van der Waals surface area contributed by atoms with Crippen molar-refractivity contribution in [2.45, 2.75) is 46.0 Å². The molecule has 0 radical (unpaired) electrons. The second kappa shape index (κ2) is 14.1. The molecule has 0 aliphatic heterocycles. The van der Waals surface area contributed by atoms with Crippen LogP contribution in [0.3, 0.4) is 0 Å². The number of aliphatic hydroxyl groups is 2. The van der Waals surface area contributed by atoms with Gasteiger partial charge >= 0.3 is 0 Å². The van der Waals surface area contributed by atoms with Crippen LogP contribution in [-0.4, -0.2) is 53.1 Å². The van der Waals surface area contributed by atoms with Crippen molar-refractivity contribution < 1.29 is 14.9 Å². The summed E-state index contributed by atoms with van der Waals surface area (Å²) in [4.78, 5) is 2.19. The third-order valence-electron chi connectivity index (χ3n) is 3.24. The Morgan fingerprint density at radius 2 is 1.83 bits per heavy atom. The van der Waals surface area contributed by atoms with E-state index in [0.29, 0.717) is 13.0 Å². The number of rotatable bonds is 12. The number of thiocarbonyl (C=S) groups is 1. The van der Waals surface area contributed by atoms with Gasteiger partial charge in [-0.05, 0) is 31.5 Å². The molecule has 0 unspecified atom stereocenters. The van der Waals surface area contributed by atoms with Crippen LogP contribution in [0.5, 0.6) is 0 Å². The Hall–Kier alpha value is -1.52. The van der Waals surface area contributed by atoms with Gasteiger partial charge in [-0.1, -0.05) is 26.7 Å². The number of nitrogens with one attached hydrogen (secondary N) is 1. The van der Waals surface area contributed by atoms with E-state index in [1.54, 1.807) is 6.07 Å². The minimum absolute atomic E-state index is 0.168. The summed E-state index contributed by atoms with van der Waals surface area (Å²) in [6.45, 7) is 6.59. The average Bonchev–Trinajstić information content (AvgIpc) is 2.55. The highest BCUT2D eigenvalue weighted by atomic mass is 32.1.